The van der Waals surface area contributed by atoms with Crippen LogP contribution in [-0.2, 0) is 5.54 Å². The number of aliphatic hydroxyl groups excluding tert-OH is 1. The van der Waals surface area contributed by atoms with Gasteiger partial charge < -0.3 is 19.8 Å². The van der Waals surface area contributed by atoms with E-state index >= 15 is 0 Å². The first-order valence-corrected chi connectivity index (χ1v) is 11.9. The number of carbonyl (C=O) groups excluding carboxylic acids is 1. The minimum Gasteiger partial charge on any atom is -0.393 e. The minimum atomic E-state index is -1.32. The molecule has 2 aliphatic rings. The van der Waals surface area contributed by atoms with Crippen LogP contribution in [0.4, 0.5) is 19.3 Å². The van der Waals surface area contributed by atoms with Crippen molar-refractivity contribution in [3.63, 3.8) is 0 Å². The number of halogens is 2. The summed E-state index contributed by atoms with van der Waals surface area (Å²) in [5, 5.41) is 22.0. The minimum absolute atomic E-state index is 0.00387. The normalized spacial score (nSPS) is 24.8. The van der Waals surface area contributed by atoms with Gasteiger partial charge in [-0.15, -0.1) is 0 Å². The lowest BCUT2D eigenvalue weighted by molar-refractivity contribution is -0.384. The highest BCUT2D eigenvalue weighted by Crippen LogP contribution is 2.42. The van der Waals surface area contributed by atoms with Crippen LogP contribution in [0.25, 0.3) is 5.57 Å². The van der Waals surface area contributed by atoms with Crippen LogP contribution >= 0.6 is 0 Å². The Morgan fingerprint density at radius 1 is 1.28 bits per heavy atom. The summed E-state index contributed by atoms with van der Waals surface area (Å²) in [7, 11) is 3.46. The van der Waals surface area contributed by atoms with Gasteiger partial charge in [-0.05, 0) is 43.3 Å². The molecule has 0 aromatic heterocycles. The second-order valence-electron chi connectivity index (χ2n) is 9.56. The molecule has 10 heteroatoms. The molecule has 0 spiro atoms. The molecular formula is C26H30F2N4O4. The summed E-state index contributed by atoms with van der Waals surface area (Å²) in [6.07, 6.45) is 1.30. The van der Waals surface area contributed by atoms with Crippen LogP contribution in [0.15, 0.2) is 54.6 Å². The van der Waals surface area contributed by atoms with Crippen molar-refractivity contribution in [3.8, 4) is 0 Å². The first-order chi connectivity index (χ1) is 17.2. The van der Waals surface area contributed by atoms with E-state index in [1.807, 2.05) is 11.9 Å². The van der Waals surface area contributed by atoms with Gasteiger partial charge >= 0.3 is 6.03 Å². The molecule has 192 valence electrons. The van der Waals surface area contributed by atoms with E-state index in [1.54, 1.807) is 43.5 Å². The van der Waals surface area contributed by atoms with E-state index in [0.29, 0.717) is 30.6 Å². The van der Waals surface area contributed by atoms with E-state index in [2.05, 4.69) is 0 Å². The van der Waals surface area contributed by atoms with Gasteiger partial charge in [0.25, 0.3) is 5.69 Å². The summed E-state index contributed by atoms with van der Waals surface area (Å²) in [5.41, 5.74) is -0.648. The van der Waals surface area contributed by atoms with Crippen LogP contribution in [0.1, 0.15) is 24.0 Å². The number of urea groups is 1. The van der Waals surface area contributed by atoms with Gasteiger partial charge in [0.15, 0.2) is 0 Å². The number of non-ortho nitro benzene ring substituents is 1. The second kappa shape index (κ2) is 10.3. The molecule has 2 aliphatic heterocycles. The topological polar surface area (TPSA) is 90.2 Å². The van der Waals surface area contributed by atoms with Crippen molar-refractivity contribution in [1.29, 1.82) is 0 Å². The third kappa shape index (κ3) is 4.83. The zero-order valence-corrected chi connectivity index (χ0v) is 20.3. The lowest BCUT2D eigenvalue weighted by atomic mass is 9.89. The first kappa shape index (κ1) is 25.7. The van der Waals surface area contributed by atoms with E-state index in [0.717, 1.165) is 18.2 Å². The number of hydrogen-bond acceptors (Lipinski definition) is 5. The molecule has 0 saturated carbocycles. The number of nitrogens with zero attached hydrogens (tertiary/aromatic N) is 4. The Morgan fingerprint density at radius 3 is 2.67 bits per heavy atom. The standard InChI is InChI=1S/C26H30F2N4O4/c1-29-11-10-21(12-20(27)16-29)30(2)25(34)31-15-18(23-13-22(32(35)36)8-9-24(23)28)14-26(31,17-33)19-6-4-3-5-7-19/h3-9,13-14,20-21,33H,10-12,15-17H2,1-2H3/t20?,21?,26-/m1/s1. The number of rotatable bonds is 5. The van der Waals surface area contributed by atoms with Crippen LogP contribution < -0.4 is 0 Å². The number of hydrogen-bond donors (Lipinski definition) is 1. The van der Waals surface area contributed by atoms with Gasteiger partial charge in [0.05, 0.1) is 11.5 Å². The van der Waals surface area contributed by atoms with Gasteiger partial charge in [-0.2, -0.15) is 0 Å². The summed E-state index contributed by atoms with van der Waals surface area (Å²) < 4.78 is 29.4. The van der Waals surface area contributed by atoms with E-state index in [1.165, 1.54) is 9.80 Å². The highest BCUT2D eigenvalue weighted by molar-refractivity contribution is 5.84. The zero-order chi connectivity index (χ0) is 26.0. The molecule has 2 unspecified atom stereocenters. The largest absolute Gasteiger partial charge is 0.393 e. The summed E-state index contributed by atoms with van der Waals surface area (Å²) >= 11 is 0. The SMILES string of the molecule is CN1CCC(N(C)C(=O)N2CC(c3cc([N+](=O)[O-])ccc3F)=C[C@@]2(CO)c2ccccc2)CC(F)C1. The van der Waals surface area contributed by atoms with Gasteiger partial charge in [0, 0.05) is 50.3 Å². The van der Waals surface area contributed by atoms with Gasteiger partial charge in [-0.25, -0.2) is 13.6 Å². The lowest BCUT2D eigenvalue weighted by Crippen LogP contribution is -2.54. The Balaban J connectivity index is 1.75. The van der Waals surface area contributed by atoms with Crippen LogP contribution in [0.5, 0.6) is 0 Å². The molecule has 1 fully saturated rings. The van der Waals surface area contributed by atoms with E-state index < -0.39 is 35.1 Å². The van der Waals surface area contributed by atoms with Crippen molar-refractivity contribution in [2.24, 2.45) is 0 Å². The van der Waals surface area contributed by atoms with Crippen molar-refractivity contribution in [1.82, 2.24) is 14.7 Å². The average molecular weight is 501 g/mol. The summed E-state index contributed by atoms with van der Waals surface area (Å²) in [6.45, 7) is 0.359. The summed E-state index contributed by atoms with van der Waals surface area (Å²) in [5.74, 6) is -0.665. The van der Waals surface area contributed by atoms with Crippen LogP contribution in [-0.4, -0.2) is 83.3 Å². The maximum Gasteiger partial charge on any atom is 0.321 e. The first-order valence-electron chi connectivity index (χ1n) is 11.9. The molecule has 1 saturated heterocycles. The van der Waals surface area contributed by atoms with E-state index in [9.17, 15) is 28.8 Å². The molecule has 0 radical (unpaired) electrons. The Labute approximate surface area is 208 Å². The number of carbonyl (C=O) groups is 1. The predicted octanol–water partition coefficient (Wildman–Crippen LogP) is 3.80. The third-order valence-electron chi connectivity index (χ3n) is 7.21. The van der Waals surface area contributed by atoms with Crippen LogP contribution in [0.3, 0.4) is 0 Å². The number of nitro groups is 1. The number of alkyl halides is 1. The summed E-state index contributed by atoms with van der Waals surface area (Å²) in [4.78, 5) is 29.4. The van der Waals surface area contributed by atoms with Crippen molar-refractivity contribution in [3.05, 3.63) is 81.7 Å². The molecule has 2 amide bonds. The molecule has 0 bridgehead atoms. The molecule has 2 aromatic rings. The monoisotopic (exact) mass is 500 g/mol. The molecule has 1 N–H and O–H groups in total. The zero-order valence-electron chi connectivity index (χ0n) is 20.3. The average Bonchev–Trinajstić information content (AvgIpc) is 3.18. The number of nitro benzene ring substituents is 1. The highest BCUT2D eigenvalue weighted by atomic mass is 19.1. The Bertz CT molecular complexity index is 1160. The summed E-state index contributed by atoms with van der Waals surface area (Å²) in [6, 6.07) is 11.3. The Morgan fingerprint density at radius 2 is 2.00 bits per heavy atom. The number of likely N-dealkylation sites (tertiary alicyclic amines) is 1. The van der Waals surface area contributed by atoms with E-state index in [-0.39, 0.29) is 30.3 Å². The Kier molecular flexibility index (Phi) is 7.37. The fourth-order valence-corrected chi connectivity index (χ4v) is 5.17. The van der Waals surface area contributed by atoms with Crippen molar-refractivity contribution < 1.29 is 23.6 Å². The maximum atomic E-state index is 14.9. The molecule has 2 aromatic carbocycles. The number of amides is 2. The third-order valence-corrected chi connectivity index (χ3v) is 7.21. The molecule has 2 heterocycles. The molecule has 8 nitrogen and oxygen atoms in total. The molecule has 36 heavy (non-hydrogen) atoms. The quantitative estimate of drug-likeness (QED) is 0.498. The fourth-order valence-electron chi connectivity index (χ4n) is 5.17. The van der Waals surface area contributed by atoms with Gasteiger partial charge in [-0.1, -0.05) is 30.3 Å². The lowest BCUT2D eigenvalue weighted by Gasteiger charge is -2.41. The number of benzene rings is 2. The maximum absolute atomic E-state index is 14.9. The molecule has 3 atom stereocenters. The fraction of sp³-hybridized carbons (Fsp3) is 0.423. The van der Waals surface area contributed by atoms with Gasteiger partial charge in [-0.3, -0.25) is 10.1 Å². The van der Waals surface area contributed by atoms with Gasteiger partial charge in [0.1, 0.15) is 17.5 Å². The molecule has 4 rings (SSSR count). The smallest absolute Gasteiger partial charge is 0.321 e. The second-order valence-corrected chi connectivity index (χ2v) is 9.56. The van der Waals surface area contributed by atoms with Crippen molar-refractivity contribution in [2.75, 3.05) is 40.3 Å². The molecule has 0 aliphatic carbocycles. The van der Waals surface area contributed by atoms with Crippen molar-refractivity contribution >= 4 is 17.3 Å². The molecular weight excluding hydrogens is 470 g/mol. The van der Waals surface area contributed by atoms with Crippen LogP contribution in [0, 0.1) is 15.9 Å². The van der Waals surface area contributed by atoms with E-state index in [4.69, 9.17) is 0 Å². The Hall–Kier alpha value is -3.37. The predicted molar refractivity (Wildman–Crippen MR) is 132 cm³/mol. The highest BCUT2D eigenvalue weighted by Gasteiger charge is 2.46. The van der Waals surface area contributed by atoms with Crippen molar-refractivity contribution in [2.45, 2.75) is 30.6 Å². The van der Waals surface area contributed by atoms with Crippen LogP contribution in [0.2, 0.25) is 0 Å². The van der Waals surface area contributed by atoms with Gasteiger partial charge in [0.2, 0.25) is 0 Å². The number of aliphatic hydroxyl groups is 1.